The van der Waals surface area contributed by atoms with Crippen molar-refractivity contribution in [1.82, 2.24) is 0 Å². The molecule has 2 aromatic carbocycles. The molecule has 0 bridgehead atoms. The Labute approximate surface area is 161 Å². The molecule has 12 heteroatoms. The Morgan fingerprint density at radius 1 is 0.643 bits per heavy atom. The molecular weight excluding hydrogens is 433 g/mol. The molecule has 2 aromatic rings. The topological polar surface area (TPSA) is 58.9 Å². The Balaban J connectivity index is 0.000000480. The summed E-state index contributed by atoms with van der Waals surface area (Å²) in [4.78, 5) is 2.32. The van der Waals surface area contributed by atoms with Crippen LogP contribution in [0.4, 0.5) is 25.2 Å². The maximum absolute atomic E-state index is 10.7. The molecule has 0 heterocycles. The molecule has 0 atom stereocenters. The van der Waals surface area contributed by atoms with E-state index >= 15 is 0 Å². The summed E-state index contributed by atoms with van der Waals surface area (Å²) in [6.07, 6.45) is 0. The summed E-state index contributed by atoms with van der Waals surface area (Å²) in [6, 6.07) is 15.6. The van der Waals surface area contributed by atoms with Crippen molar-refractivity contribution in [3.63, 3.8) is 0 Å². The molecule has 0 radical (unpaired) electrons. The first-order valence-electron chi connectivity index (χ1n) is 7.72. The molecule has 0 saturated heterocycles. The van der Waals surface area contributed by atoms with E-state index in [1.54, 1.807) is 0 Å². The van der Waals surface area contributed by atoms with Crippen LogP contribution in [0.2, 0.25) is 0 Å². The minimum atomic E-state index is -10.7. The van der Waals surface area contributed by atoms with E-state index in [4.69, 9.17) is 19.7 Å². The second-order valence-electron chi connectivity index (χ2n) is 5.20. The normalized spacial score (nSPS) is 13.6. The molecule has 4 nitrogen and oxygen atoms in total. The standard InChI is InChI=1S/C16H18O4S.F6P/c17-9-11-19-13-1-5-15(6-2-13)21-16-7-3-14(4-8-16)20-12-10-18;1-7(2,3,4,5)6/h1-8,17-18H,9-12H2;/q;-1/p+1. The van der Waals surface area contributed by atoms with E-state index in [9.17, 15) is 25.2 Å². The number of benzene rings is 2. The van der Waals surface area contributed by atoms with E-state index in [2.05, 4.69) is 0 Å². The third kappa shape index (κ3) is 14.4. The maximum Gasteiger partial charge on any atom is 0.158 e. The molecule has 0 spiro atoms. The molecule has 0 aliphatic carbocycles. The number of thiol groups is 1. The first-order chi connectivity index (χ1) is 12.8. The number of aliphatic hydroxyl groups is 2. The molecule has 0 aliphatic heterocycles. The van der Waals surface area contributed by atoms with E-state index in [-0.39, 0.29) is 13.2 Å². The van der Waals surface area contributed by atoms with Gasteiger partial charge in [-0.2, -0.15) is 0 Å². The van der Waals surface area contributed by atoms with Crippen LogP contribution in [0, 0.1) is 0 Å². The third-order valence-electron chi connectivity index (χ3n) is 2.65. The fraction of sp³-hybridized carbons (Fsp3) is 0.250. The van der Waals surface area contributed by atoms with Crippen LogP contribution >= 0.6 is 7.81 Å². The zero-order valence-electron chi connectivity index (χ0n) is 14.3. The van der Waals surface area contributed by atoms with Gasteiger partial charge in [0.25, 0.3) is 0 Å². The van der Waals surface area contributed by atoms with Crippen LogP contribution in [0.1, 0.15) is 0 Å². The predicted octanol–water partition coefficient (Wildman–Crippen LogP) is 5.04. The fourth-order valence-corrected chi connectivity index (χ4v) is 2.60. The van der Waals surface area contributed by atoms with Gasteiger partial charge in [0, 0.05) is 11.8 Å². The molecular formula is C16H19F6O4PS. The fourth-order valence-electron chi connectivity index (χ4n) is 1.71. The molecule has 160 valence electrons. The second-order valence-corrected chi connectivity index (χ2v) is 8.38. The summed E-state index contributed by atoms with van der Waals surface area (Å²) in [5, 5.41) is 17.4. The van der Waals surface area contributed by atoms with Crippen LogP contribution in [0.5, 0.6) is 11.5 Å². The van der Waals surface area contributed by atoms with Crippen molar-refractivity contribution in [3.05, 3.63) is 48.5 Å². The van der Waals surface area contributed by atoms with Gasteiger partial charge in [-0.05, 0) is 48.5 Å². The van der Waals surface area contributed by atoms with Crippen LogP contribution < -0.4 is 9.47 Å². The molecule has 0 aliphatic rings. The van der Waals surface area contributed by atoms with Gasteiger partial charge in [0.15, 0.2) is 9.79 Å². The molecule has 28 heavy (non-hydrogen) atoms. The average molecular weight is 452 g/mol. The first-order valence-corrected chi connectivity index (χ1v) is 10.6. The summed E-state index contributed by atoms with van der Waals surface area (Å²) in [5.74, 6) is 1.52. The van der Waals surface area contributed by atoms with Crippen LogP contribution in [0.25, 0.3) is 0 Å². The number of aliphatic hydroxyl groups excluding tert-OH is 2. The van der Waals surface area contributed by atoms with Crippen LogP contribution in [-0.4, -0.2) is 36.6 Å². The monoisotopic (exact) mass is 452 g/mol. The van der Waals surface area contributed by atoms with Gasteiger partial charge in [-0.25, -0.2) is 0 Å². The molecule has 0 saturated carbocycles. The van der Waals surface area contributed by atoms with Gasteiger partial charge in [0.2, 0.25) is 0 Å². The molecule has 0 fully saturated rings. The minimum Gasteiger partial charge on any atom is -0.491 e. The number of ether oxygens (including phenoxy) is 2. The van der Waals surface area contributed by atoms with Crippen molar-refractivity contribution in [2.24, 2.45) is 0 Å². The Morgan fingerprint density at radius 2 is 0.929 bits per heavy atom. The number of rotatable bonds is 8. The Morgan fingerprint density at radius 3 is 1.18 bits per heavy atom. The van der Waals surface area contributed by atoms with E-state index in [0.29, 0.717) is 13.2 Å². The van der Waals surface area contributed by atoms with Gasteiger partial charge in [-0.3, -0.25) is 0 Å². The summed E-state index contributed by atoms with van der Waals surface area (Å²) in [5.41, 5.74) is 0. The largest absolute Gasteiger partial charge is 0.491 e. The molecule has 2 rings (SSSR count). The summed E-state index contributed by atoms with van der Waals surface area (Å²) in [7, 11) is -10.7. The van der Waals surface area contributed by atoms with Gasteiger partial charge < -0.3 is 19.7 Å². The van der Waals surface area contributed by atoms with Gasteiger partial charge in [0.1, 0.15) is 24.7 Å². The summed E-state index contributed by atoms with van der Waals surface area (Å²) in [6.45, 7) is 0.661. The molecule has 0 aromatic heterocycles. The second kappa shape index (κ2) is 9.21. The first kappa shape index (κ1) is 24.4. The Bertz CT molecular complexity index is 663. The Hall–Kier alpha value is -1.68. The average Bonchev–Trinajstić information content (AvgIpc) is 2.58. The predicted molar refractivity (Wildman–Crippen MR) is 96.9 cm³/mol. The van der Waals surface area contributed by atoms with Gasteiger partial charge >= 0.3 is 33.0 Å². The number of halogens is 6. The van der Waals surface area contributed by atoms with Crippen LogP contribution in [0.15, 0.2) is 58.3 Å². The minimum absolute atomic E-state index is 0.0186. The van der Waals surface area contributed by atoms with Crippen molar-refractivity contribution < 1.29 is 44.9 Å². The van der Waals surface area contributed by atoms with Crippen molar-refractivity contribution >= 4 is 19.6 Å². The molecule has 0 unspecified atom stereocenters. The summed E-state index contributed by atoms with van der Waals surface area (Å²) < 4.78 is 69.8. The molecule has 0 amide bonds. The van der Waals surface area contributed by atoms with Gasteiger partial charge in [-0.1, -0.05) is 0 Å². The van der Waals surface area contributed by atoms with Crippen molar-refractivity contribution in [1.29, 1.82) is 0 Å². The quantitative estimate of drug-likeness (QED) is 0.255. The van der Waals surface area contributed by atoms with Crippen molar-refractivity contribution in [3.8, 4) is 11.5 Å². The van der Waals surface area contributed by atoms with E-state index in [1.165, 1.54) is 0 Å². The van der Waals surface area contributed by atoms with Gasteiger partial charge in [0.05, 0.1) is 13.2 Å². The van der Waals surface area contributed by atoms with Crippen molar-refractivity contribution in [2.75, 3.05) is 26.4 Å². The SMILES string of the molecule is F[P-](F)(F)(F)(F)F.OCCOc1ccc([SH+]c2ccc(OCCO)cc2)cc1. The zero-order chi connectivity index (χ0) is 21.3. The van der Waals surface area contributed by atoms with Gasteiger partial charge in [-0.15, -0.1) is 0 Å². The van der Waals surface area contributed by atoms with Crippen LogP contribution in [0.3, 0.4) is 0 Å². The van der Waals surface area contributed by atoms with E-state index in [0.717, 1.165) is 33.1 Å². The molecule has 2 N–H and O–H groups in total. The third-order valence-corrected chi connectivity index (χ3v) is 3.76. The van der Waals surface area contributed by atoms with Crippen molar-refractivity contribution in [2.45, 2.75) is 9.79 Å². The number of hydrogen-bond acceptors (Lipinski definition) is 4. The number of hydrogen-bond donors (Lipinski definition) is 2. The van der Waals surface area contributed by atoms with E-state index < -0.39 is 7.81 Å². The Kier molecular flexibility index (Phi) is 8.01. The maximum atomic E-state index is 9.87. The van der Waals surface area contributed by atoms with E-state index in [1.807, 2.05) is 48.5 Å². The smallest absolute Gasteiger partial charge is 0.158 e. The zero-order valence-corrected chi connectivity index (χ0v) is 16.1. The summed E-state index contributed by atoms with van der Waals surface area (Å²) >= 11 is 1.10. The van der Waals surface area contributed by atoms with Crippen LogP contribution in [-0.2, 0) is 11.8 Å².